The predicted octanol–water partition coefficient (Wildman–Crippen LogP) is 2.24. The average Bonchev–Trinajstić information content (AvgIpc) is 2.36. The fourth-order valence-corrected chi connectivity index (χ4v) is 1.54. The lowest BCUT2D eigenvalue weighted by Crippen LogP contribution is -2.25. The van der Waals surface area contributed by atoms with Crippen molar-refractivity contribution in [2.45, 2.75) is 20.3 Å². The van der Waals surface area contributed by atoms with Crippen LogP contribution in [0.1, 0.15) is 24.5 Å². The summed E-state index contributed by atoms with van der Waals surface area (Å²) in [5.74, 6) is -1.50. The van der Waals surface area contributed by atoms with E-state index in [1.54, 1.807) is 13.0 Å². The second-order valence-corrected chi connectivity index (χ2v) is 4.57. The number of benzene rings is 1. The molecule has 0 spiro atoms. The van der Waals surface area contributed by atoms with E-state index in [0.29, 0.717) is 13.0 Å². The molecule has 19 heavy (non-hydrogen) atoms. The highest BCUT2D eigenvalue weighted by Crippen LogP contribution is 2.05. The third-order valence-corrected chi connectivity index (χ3v) is 2.77. The summed E-state index contributed by atoms with van der Waals surface area (Å²) in [5.41, 5.74) is 2.10. The number of rotatable bonds is 6. The summed E-state index contributed by atoms with van der Waals surface area (Å²) in [4.78, 5) is 22.1. The van der Waals surface area contributed by atoms with E-state index in [9.17, 15) is 9.59 Å². The molecule has 0 bridgehead atoms. The van der Waals surface area contributed by atoms with Gasteiger partial charge in [-0.1, -0.05) is 36.8 Å². The first-order valence-corrected chi connectivity index (χ1v) is 6.24. The van der Waals surface area contributed by atoms with Gasteiger partial charge in [-0.05, 0) is 25.0 Å². The second kappa shape index (κ2) is 7.36. The van der Waals surface area contributed by atoms with Gasteiger partial charge in [-0.2, -0.15) is 0 Å². The van der Waals surface area contributed by atoms with Crippen LogP contribution in [0.4, 0.5) is 0 Å². The molecule has 2 N–H and O–H groups in total. The fraction of sp³-hybridized carbons (Fsp3) is 0.333. The summed E-state index contributed by atoms with van der Waals surface area (Å²) < 4.78 is 0. The topological polar surface area (TPSA) is 66.4 Å². The Balaban J connectivity index is 2.37. The van der Waals surface area contributed by atoms with Gasteiger partial charge in [-0.25, -0.2) is 0 Å². The van der Waals surface area contributed by atoms with Crippen LogP contribution in [0.3, 0.4) is 0 Å². The van der Waals surface area contributed by atoms with Crippen LogP contribution < -0.4 is 5.32 Å². The van der Waals surface area contributed by atoms with Crippen molar-refractivity contribution in [3.05, 3.63) is 41.5 Å². The number of hydrogen-bond acceptors (Lipinski definition) is 2. The van der Waals surface area contributed by atoms with Crippen molar-refractivity contribution in [3.63, 3.8) is 0 Å². The summed E-state index contributed by atoms with van der Waals surface area (Å²) in [7, 11) is 0. The second-order valence-electron chi connectivity index (χ2n) is 4.57. The minimum absolute atomic E-state index is 0.209. The number of carbonyl (C=O) groups excluding carboxylic acids is 1. The highest BCUT2D eigenvalue weighted by molar-refractivity contribution is 5.91. The molecule has 1 unspecified atom stereocenters. The molecule has 4 heteroatoms. The standard InChI is InChI=1S/C15H19NO3/c1-11-4-3-5-13(10-11)6-7-14(17)16-9-8-12(2)15(18)19/h3-7,10,12H,8-9H2,1-2H3,(H,16,17)(H,18,19)/b7-6+. The maximum atomic E-state index is 11.5. The smallest absolute Gasteiger partial charge is 0.306 e. The summed E-state index contributed by atoms with van der Waals surface area (Å²) in [6, 6.07) is 7.83. The molecule has 102 valence electrons. The van der Waals surface area contributed by atoms with Crippen molar-refractivity contribution in [1.29, 1.82) is 0 Å². The average molecular weight is 261 g/mol. The van der Waals surface area contributed by atoms with Gasteiger partial charge in [0.25, 0.3) is 0 Å². The number of aryl methyl sites for hydroxylation is 1. The number of carboxylic acid groups (broad SMARTS) is 1. The van der Waals surface area contributed by atoms with Gasteiger partial charge in [-0.15, -0.1) is 0 Å². The van der Waals surface area contributed by atoms with Gasteiger partial charge in [0.1, 0.15) is 0 Å². The highest BCUT2D eigenvalue weighted by Gasteiger charge is 2.09. The Bertz CT molecular complexity index is 480. The zero-order chi connectivity index (χ0) is 14.3. The number of aliphatic carboxylic acids is 1. The predicted molar refractivity (Wildman–Crippen MR) is 74.6 cm³/mol. The Morgan fingerprint density at radius 2 is 2.16 bits per heavy atom. The lowest BCUT2D eigenvalue weighted by atomic mass is 10.1. The van der Waals surface area contributed by atoms with Crippen LogP contribution in [-0.4, -0.2) is 23.5 Å². The van der Waals surface area contributed by atoms with Crippen molar-refractivity contribution in [3.8, 4) is 0 Å². The Hall–Kier alpha value is -2.10. The summed E-state index contributed by atoms with van der Waals surface area (Å²) >= 11 is 0. The van der Waals surface area contributed by atoms with Gasteiger partial charge < -0.3 is 10.4 Å². The zero-order valence-electron chi connectivity index (χ0n) is 11.2. The summed E-state index contributed by atoms with van der Waals surface area (Å²) in [5, 5.41) is 11.4. The molecule has 0 saturated carbocycles. The van der Waals surface area contributed by atoms with Crippen molar-refractivity contribution in [2.75, 3.05) is 6.54 Å². The van der Waals surface area contributed by atoms with E-state index in [-0.39, 0.29) is 5.91 Å². The van der Waals surface area contributed by atoms with Gasteiger partial charge in [-0.3, -0.25) is 9.59 Å². The molecule has 0 saturated heterocycles. The van der Waals surface area contributed by atoms with E-state index in [1.807, 2.05) is 31.2 Å². The van der Waals surface area contributed by atoms with Crippen LogP contribution in [0, 0.1) is 12.8 Å². The number of carboxylic acids is 1. The minimum Gasteiger partial charge on any atom is -0.481 e. The molecular weight excluding hydrogens is 242 g/mol. The van der Waals surface area contributed by atoms with Crippen molar-refractivity contribution in [2.24, 2.45) is 5.92 Å². The molecule has 0 aliphatic rings. The summed E-state index contributed by atoms with van der Waals surface area (Å²) in [6.45, 7) is 3.98. The lowest BCUT2D eigenvalue weighted by Gasteiger charge is -2.05. The first-order valence-electron chi connectivity index (χ1n) is 6.24. The molecule has 4 nitrogen and oxygen atoms in total. The molecule has 0 aliphatic heterocycles. The Kier molecular flexibility index (Phi) is 5.79. The Morgan fingerprint density at radius 1 is 1.42 bits per heavy atom. The molecular formula is C15H19NO3. The van der Waals surface area contributed by atoms with Crippen LogP contribution in [-0.2, 0) is 9.59 Å². The quantitative estimate of drug-likeness (QED) is 0.772. The first-order chi connectivity index (χ1) is 8.99. The number of hydrogen-bond donors (Lipinski definition) is 2. The van der Waals surface area contributed by atoms with Gasteiger partial charge in [0.15, 0.2) is 0 Å². The van der Waals surface area contributed by atoms with E-state index >= 15 is 0 Å². The fourth-order valence-electron chi connectivity index (χ4n) is 1.54. The van der Waals surface area contributed by atoms with E-state index in [2.05, 4.69) is 5.32 Å². The number of carbonyl (C=O) groups is 2. The molecule has 1 atom stereocenters. The number of amides is 1. The van der Waals surface area contributed by atoms with Gasteiger partial charge in [0.05, 0.1) is 5.92 Å². The lowest BCUT2D eigenvalue weighted by molar-refractivity contribution is -0.141. The molecule has 1 aromatic rings. The minimum atomic E-state index is -0.843. The monoisotopic (exact) mass is 261 g/mol. The van der Waals surface area contributed by atoms with Crippen LogP contribution in [0.15, 0.2) is 30.3 Å². The van der Waals surface area contributed by atoms with Gasteiger partial charge in [0.2, 0.25) is 5.91 Å². The van der Waals surface area contributed by atoms with Crippen LogP contribution in [0.25, 0.3) is 6.08 Å². The van der Waals surface area contributed by atoms with E-state index in [1.165, 1.54) is 6.08 Å². The molecule has 0 radical (unpaired) electrons. The third kappa shape index (κ3) is 5.86. The van der Waals surface area contributed by atoms with Crippen molar-refractivity contribution >= 4 is 18.0 Å². The normalized spacial score (nSPS) is 12.3. The molecule has 1 aromatic carbocycles. The Morgan fingerprint density at radius 3 is 2.79 bits per heavy atom. The van der Waals surface area contributed by atoms with Crippen molar-refractivity contribution in [1.82, 2.24) is 5.32 Å². The third-order valence-electron chi connectivity index (χ3n) is 2.77. The van der Waals surface area contributed by atoms with Gasteiger partial charge in [0, 0.05) is 12.6 Å². The van der Waals surface area contributed by atoms with E-state index < -0.39 is 11.9 Å². The first kappa shape index (κ1) is 15.0. The molecule has 1 rings (SSSR count). The molecule has 0 aliphatic carbocycles. The van der Waals surface area contributed by atoms with E-state index in [4.69, 9.17) is 5.11 Å². The zero-order valence-corrected chi connectivity index (χ0v) is 11.2. The molecule has 0 aromatic heterocycles. The molecule has 0 fully saturated rings. The van der Waals surface area contributed by atoms with E-state index in [0.717, 1.165) is 11.1 Å². The van der Waals surface area contributed by atoms with Crippen LogP contribution >= 0.6 is 0 Å². The Labute approximate surface area is 113 Å². The van der Waals surface area contributed by atoms with Crippen LogP contribution in [0.5, 0.6) is 0 Å². The number of nitrogens with one attached hydrogen (secondary N) is 1. The molecule has 0 heterocycles. The SMILES string of the molecule is Cc1cccc(/C=C/C(=O)NCCC(C)C(=O)O)c1. The van der Waals surface area contributed by atoms with Crippen LogP contribution in [0.2, 0.25) is 0 Å². The summed E-state index contributed by atoms with van der Waals surface area (Å²) in [6.07, 6.45) is 3.63. The highest BCUT2D eigenvalue weighted by atomic mass is 16.4. The maximum Gasteiger partial charge on any atom is 0.306 e. The largest absolute Gasteiger partial charge is 0.481 e. The molecule has 1 amide bonds. The van der Waals surface area contributed by atoms with Crippen molar-refractivity contribution < 1.29 is 14.7 Å². The van der Waals surface area contributed by atoms with Gasteiger partial charge >= 0.3 is 5.97 Å². The maximum absolute atomic E-state index is 11.5.